The normalized spacial score (nSPS) is 11.3. The number of quaternary nitrogens is 1. The maximum atomic E-state index is 12.5. The molecule has 0 fully saturated rings. The largest absolute Gasteiger partial charge is 0.327 e. The highest BCUT2D eigenvalue weighted by atomic mass is 16.2. The zero-order chi connectivity index (χ0) is 19.6. The summed E-state index contributed by atoms with van der Waals surface area (Å²) in [5.74, 6) is -0.314. The molecule has 1 aromatic heterocycles. The van der Waals surface area contributed by atoms with E-state index in [4.69, 9.17) is 0 Å². The average molecular weight is 362 g/mol. The van der Waals surface area contributed by atoms with Gasteiger partial charge in [-0.1, -0.05) is 32.9 Å². The number of amides is 1. The SMILES string of the molecule is CC(C)(C)c1ccc(C(=O)Nc2cc(-c3ccc([NH3+])cc3)c[nH]c2=O)cc1. The molecule has 138 valence electrons. The fraction of sp³-hybridized carbons (Fsp3) is 0.182. The van der Waals surface area contributed by atoms with E-state index in [9.17, 15) is 9.59 Å². The van der Waals surface area contributed by atoms with Gasteiger partial charge in [0.25, 0.3) is 11.5 Å². The number of aromatic nitrogens is 1. The van der Waals surface area contributed by atoms with Crippen molar-refractivity contribution in [3.63, 3.8) is 0 Å². The summed E-state index contributed by atoms with van der Waals surface area (Å²) in [7, 11) is 0. The Kier molecular flexibility index (Phi) is 4.97. The standard InChI is InChI=1S/C22H23N3O2/c1-22(2,3)17-8-4-15(5-9-17)20(26)25-19-12-16(13-24-21(19)27)14-6-10-18(23)11-7-14/h4-13H,23H2,1-3H3,(H,24,27)(H,25,26)/p+1. The zero-order valence-corrected chi connectivity index (χ0v) is 15.8. The Balaban J connectivity index is 1.84. The minimum atomic E-state index is -0.341. The van der Waals surface area contributed by atoms with Gasteiger partial charge in [0.2, 0.25) is 0 Å². The molecule has 0 aliphatic rings. The van der Waals surface area contributed by atoms with Crippen molar-refractivity contribution in [2.24, 2.45) is 0 Å². The lowest BCUT2D eigenvalue weighted by Crippen LogP contribution is -2.39. The molecule has 0 aliphatic heterocycles. The molecule has 5 nitrogen and oxygen atoms in total. The summed E-state index contributed by atoms with van der Waals surface area (Å²) < 4.78 is 0. The summed E-state index contributed by atoms with van der Waals surface area (Å²) in [4.78, 5) is 27.4. The van der Waals surface area contributed by atoms with Crippen LogP contribution < -0.4 is 16.6 Å². The van der Waals surface area contributed by atoms with E-state index in [1.54, 1.807) is 24.4 Å². The van der Waals surface area contributed by atoms with Gasteiger partial charge < -0.3 is 16.0 Å². The predicted molar refractivity (Wildman–Crippen MR) is 108 cm³/mol. The smallest absolute Gasteiger partial charge is 0.271 e. The summed E-state index contributed by atoms with van der Waals surface area (Å²) in [6.07, 6.45) is 1.63. The average Bonchev–Trinajstić information content (AvgIpc) is 2.63. The Morgan fingerprint density at radius 3 is 2.19 bits per heavy atom. The summed E-state index contributed by atoms with van der Waals surface area (Å²) >= 11 is 0. The second-order valence-corrected chi connectivity index (χ2v) is 7.61. The molecular formula is C22H24N3O2+. The summed E-state index contributed by atoms with van der Waals surface area (Å²) in [6, 6.07) is 16.8. The van der Waals surface area contributed by atoms with Crippen LogP contribution in [0.2, 0.25) is 0 Å². The molecule has 3 rings (SSSR count). The predicted octanol–water partition coefficient (Wildman–Crippen LogP) is 3.47. The monoisotopic (exact) mass is 362 g/mol. The van der Waals surface area contributed by atoms with Gasteiger partial charge in [0.1, 0.15) is 11.4 Å². The number of nitrogens with one attached hydrogen (secondary N) is 2. The van der Waals surface area contributed by atoms with Crippen molar-refractivity contribution in [1.29, 1.82) is 0 Å². The molecule has 1 heterocycles. The minimum Gasteiger partial charge on any atom is -0.327 e. The highest BCUT2D eigenvalue weighted by Crippen LogP contribution is 2.23. The number of hydrogen-bond acceptors (Lipinski definition) is 2. The maximum Gasteiger partial charge on any atom is 0.271 e. The van der Waals surface area contributed by atoms with Crippen molar-refractivity contribution in [2.45, 2.75) is 26.2 Å². The van der Waals surface area contributed by atoms with Gasteiger partial charge in [0.05, 0.1) is 0 Å². The van der Waals surface area contributed by atoms with E-state index in [2.05, 4.69) is 36.8 Å². The Labute approximate surface area is 158 Å². The van der Waals surface area contributed by atoms with Crippen LogP contribution in [0.1, 0.15) is 36.7 Å². The van der Waals surface area contributed by atoms with E-state index in [0.29, 0.717) is 5.56 Å². The number of H-pyrrole nitrogens is 1. The number of carbonyl (C=O) groups excluding carboxylic acids is 1. The molecule has 0 spiro atoms. The number of rotatable bonds is 3. The molecule has 0 atom stereocenters. The van der Waals surface area contributed by atoms with Crippen LogP contribution >= 0.6 is 0 Å². The third kappa shape index (κ3) is 4.33. The number of aromatic amines is 1. The molecule has 0 aliphatic carbocycles. The second-order valence-electron chi connectivity index (χ2n) is 7.61. The quantitative estimate of drug-likeness (QED) is 0.666. The van der Waals surface area contributed by atoms with Gasteiger partial charge in [-0.3, -0.25) is 9.59 Å². The summed E-state index contributed by atoms with van der Waals surface area (Å²) in [5, 5.41) is 2.71. The van der Waals surface area contributed by atoms with Crippen molar-refractivity contribution < 1.29 is 10.5 Å². The highest BCUT2D eigenvalue weighted by molar-refractivity contribution is 6.04. The van der Waals surface area contributed by atoms with Crippen LogP contribution in [0.4, 0.5) is 11.4 Å². The molecule has 27 heavy (non-hydrogen) atoms. The van der Waals surface area contributed by atoms with E-state index >= 15 is 0 Å². The topological polar surface area (TPSA) is 89.6 Å². The molecule has 0 saturated heterocycles. The van der Waals surface area contributed by atoms with Gasteiger partial charge in [0, 0.05) is 17.3 Å². The Morgan fingerprint density at radius 1 is 0.963 bits per heavy atom. The van der Waals surface area contributed by atoms with Crippen LogP contribution in [0.3, 0.4) is 0 Å². The van der Waals surface area contributed by atoms with Crippen molar-refractivity contribution in [3.05, 3.63) is 82.3 Å². The molecule has 0 saturated carbocycles. The molecular weight excluding hydrogens is 338 g/mol. The Morgan fingerprint density at radius 2 is 1.59 bits per heavy atom. The molecule has 0 radical (unpaired) electrons. The summed E-state index contributed by atoms with van der Waals surface area (Å²) in [5.41, 5.74) is 8.08. The van der Waals surface area contributed by atoms with Crippen molar-refractivity contribution in [2.75, 3.05) is 5.32 Å². The van der Waals surface area contributed by atoms with Crippen molar-refractivity contribution in [1.82, 2.24) is 4.98 Å². The second kappa shape index (κ2) is 7.21. The molecule has 0 bridgehead atoms. The Bertz CT molecular complexity index is 1010. The number of hydrogen-bond donors (Lipinski definition) is 3. The van der Waals surface area contributed by atoms with Crippen LogP contribution in [0.15, 0.2) is 65.6 Å². The van der Waals surface area contributed by atoms with Gasteiger partial charge >= 0.3 is 0 Å². The van der Waals surface area contributed by atoms with E-state index in [0.717, 1.165) is 22.4 Å². The lowest BCUT2D eigenvalue weighted by Gasteiger charge is -2.19. The summed E-state index contributed by atoms with van der Waals surface area (Å²) in [6.45, 7) is 6.36. The molecule has 2 aromatic carbocycles. The van der Waals surface area contributed by atoms with Gasteiger partial charge in [-0.25, -0.2) is 0 Å². The minimum absolute atomic E-state index is 0.0179. The van der Waals surface area contributed by atoms with E-state index in [-0.39, 0.29) is 22.6 Å². The lowest BCUT2D eigenvalue weighted by molar-refractivity contribution is -0.254. The van der Waals surface area contributed by atoms with Gasteiger partial charge in [-0.15, -0.1) is 0 Å². The van der Waals surface area contributed by atoms with Crippen molar-refractivity contribution >= 4 is 17.3 Å². The zero-order valence-electron chi connectivity index (χ0n) is 15.8. The van der Waals surface area contributed by atoms with Crippen LogP contribution in [0.25, 0.3) is 11.1 Å². The first-order valence-corrected chi connectivity index (χ1v) is 8.81. The molecule has 5 heteroatoms. The Hall–Kier alpha value is -3.18. The van der Waals surface area contributed by atoms with Crippen LogP contribution in [0.5, 0.6) is 0 Å². The van der Waals surface area contributed by atoms with E-state index < -0.39 is 0 Å². The number of benzene rings is 2. The first kappa shape index (κ1) is 18.6. The number of anilines is 1. The van der Waals surface area contributed by atoms with E-state index in [1.165, 1.54) is 0 Å². The van der Waals surface area contributed by atoms with Gasteiger partial charge in [-0.05, 0) is 59.0 Å². The lowest BCUT2D eigenvalue weighted by atomic mass is 9.87. The first-order chi connectivity index (χ1) is 12.7. The van der Waals surface area contributed by atoms with Crippen LogP contribution in [-0.4, -0.2) is 10.9 Å². The highest BCUT2D eigenvalue weighted by Gasteiger charge is 2.15. The fourth-order valence-corrected chi connectivity index (χ4v) is 2.76. The van der Waals surface area contributed by atoms with Gasteiger partial charge in [-0.2, -0.15) is 0 Å². The molecule has 5 N–H and O–H groups in total. The van der Waals surface area contributed by atoms with Crippen LogP contribution in [0, 0.1) is 0 Å². The maximum absolute atomic E-state index is 12.5. The number of pyridine rings is 1. The van der Waals surface area contributed by atoms with E-state index in [1.807, 2.05) is 36.4 Å². The fourth-order valence-electron chi connectivity index (χ4n) is 2.76. The van der Waals surface area contributed by atoms with Crippen molar-refractivity contribution in [3.8, 4) is 11.1 Å². The third-order valence-electron chi connectivity index (χ3n) is 4.45. The van der Waals surface area contributed by atoms with Crippen LogP contribution in [-0.2, 0) is 5.41 Å². The molecule has 0 unspecified atom stereocenters. The number of carbonyl (C=O) groups is 1. The molecule has 3 aromatic rings. The van der Waals surface area contributed by atoms with Gasteiger partial charge in [0.15, 0.2) is 0 Å². The first-order valence-electron chi connectivity index (χ1n) is 8.81. The third-order valence-corrected chi connectivity index (χ3v) is 4.45. The molecule has 1 amide bonds.